The lowest BCUT2D eigenvalue weighted by Gasteiger charge is -2.26. The molecule has 0 bridgehead atoms. The molecular formula is C29H36Cl2N2O4. The van der Waals surface area contributed by atoms with Gasteiger partial charge in [0.25, 0.3) is 0 Å². The molecule has 0 unspecified atom stereocenters. The zero-order valence-corrected chi connectivity index (χ0v) is 22.7. The largest absolute Gasteiger partial charge is 0.497 e. The number of hydrogen-bond donors (Lipinski definition) is 3. The molecule has 0 saturated heterocycles. The molecule has 2 aromatic carbocycles. The Morgan fingerprint density at radius 3 is 2.59 bits per heavy atom. The summed E-state index contributed by atoms with van der Waals surface area (Å²) < 4.78 is 11.4. The van der Waals surface area contributed by atoms with Crippen molar-refractivity contribution in [1.82, 2.24) is 10.6 Å². The first-order chi connectivity index (χ1) is 17.8. The number of hydrogen-bond acceptors (Lipinski definition) is 5. The standard InChI is InChI=1S/C29H36Cl2N2O4/c1-4-6-7-8-29(35)33-26(14-19-12-20(30)15-21(31)13-19)27(34)18-32-25-17-28(37-11-5-2)23-10-9-22(36-3)16-24(23)25/h4-5,9-10,12-13,15-16,25-28,32,34H,1-2,6-8,11,14,17-18H2,3H3,(H,33,35)/t25-,26-,27-,28+/m0/s1. The molecule has 200 valence electrons. The molecule has 1 aliphatic rings. The van der Waals surface area contributed by atoms with E-state index in [4.69, 9.17) is 32.7 Å². The number of fused-ring (bicyclic) bond motifs is 1. The maximum Gasteiger partial charge on any atom is 0.220 e. The third kappa shape index (κ3) is 8.59. The van der Waals surface area contributed by atoms with Crippen molar-refractivity contribution in [2.24, 2.45) is 0 Å². The number of aliphatic hydroxyl groups excluding tert-OH is 1. The minimum Gasteiger partial charge on any atom is -0.497 e. The monoisotopic (exact) mass is 546 g/mol. The third-order valence-electron chi connectivity index (χ3n) is 6.46. The molecule has 4 atom stereocenters. The van der Waals surface area contributed by atoms with Gasteiger partial charge in [0, 0.05) is 29.1 Å². The molecule has 0 saturated carbocycles. The average molecular weight is 548 g/mol. The normalized spacial score (nSPS) is 18.1. The van der Waals surface area contributed by atoms with Gasteiger partial charge >= 0.3 is 0 Å². The third-order valence-corrected chi connectivity index (χ3v) is 6.89. The van der Waals surface area contributed by atoms with Gasteiger partial charge in [0.2, 0.25) is 5.91 Å². The maximum atomic E-state index is 12.6. The van der Waals surface area contributed by atoms with Crippen molar-refractivity contribution in [1.29, 1.82) is 0 Å². The Balaban J connectivity index is 1.72. The summed E-state index contributed by atoms with van der Waals surface area (Å²) in [6, 6.07) is 10.6. The Morgan fingerprint density at radius 1 is 1.16 bits per heavy atom. The van der Waals surface area contributed by atoms with Crippen LogP contribution in [0.5, 0.6) is 5.75 Å². The van der Waals surface area contributed by atoms with Crippen LogP contribution in [-0.4, -0.2) is 43.4 Å². The van der Waals surface area contributed by atoms with Gasteiger partial charge in [0.15, 0.2) is 0 Å². The SMILES string of the molecule is C=CCCCC(=O)N[C@@H](Cc1cc(Cl)cc(Cl)c1)[C@@H](O)CN[C@H]1C[C@@H](OCC=C)c2ccc(OC)cc21. The fraction of sp³-hybridized carbons (Fsp3) is 0.414. The molecule has 37 heavy (non-hydrogen) atoms. The van der Waals surface area contributed by atoms with Crippen molar-refractivity contribution in [2.45, 2.75) is 56.4 Å². The molecule has 1 amide bonds. The van der Waals surface area contributed by atoms with Crippen LogP contribution in [0.25, 0.3) is 0 Å². The fourth-order valence-electron chi connectivity index (χ4n) is 4.64. The molecule has 3 N–H and O–H groups in total. The number of carbonyl (C=O) groups is 1. The second-order valence-electron chi connectivity index (χ2n) is 9.21. The molecule has 0 spiro atoms. The van der Waals surface area contributed by atoms with Gasteiger partial charge in [-0.3, -0.25) is 4.79 Å². The first-order valence-corrected chi connectivity index (χ1v) is 13.3. The van der Waals surface area contributed by atoms with E-state index in [1.165, 1.54) is 0 Å². The lowest BCUT2D eigenvalue weighted by molar-refractivity contribution is -0.122. The summed E-state index contributed by atoms with van der Waals surface area (Å²) in [4.78, 5) is 12.6. The van der Waals surface area contributed by atoms with Crippen molar-refractivity contribution in [3.63, 3.8) is 0 Å². The van der Waals surface area contributed by atoms with Gasteiger partial charge in [-0.25, -0.2) is 0 Å². The van der Waals surface area contributed by atoms with Gasteiger partial charge in [-0.2, -0.15) is 0 Å². The van der Waals surface area contributed by atoms with E-state index in [1.54, 1.807) is 37.5 Å². The first-order valence-electron chi connectivity index (χ1n) is 12.5. The Kier molecular flexibility index (Phi) is 11.5. The first kappa shape index (κ1) is 29.2. The highest BCUT2D eigenvalue weighted by Gasteiger charge is 2.33. The number of benzene rings is 2. The molecule has 0 fully saturated rings. The van der Waals surface area contributed by atoms with Crippen LogP contribution in [0.1, 0.15) is 54.5 Å². The van der Waals surface area contributed by atoms with E-state index in [2.05, 4.69) is 23.8 Å². The Bertz CT molecular complexity index is 1060. The summed E-state index contributed by atoms with van der Waals surface area (Å²) in [6.45, 7) is 8.17. The Labute approximate surface area is 229 Å². The van der Waals surface area contributed by atoms with Gasteiger partial charge in [0.1, 0.15) is 5.75 Å². The van der Waals surface area contributed by atoms with Gasteiger partial charge in [0.05, 0.1) is 32.0 Å². The van der Waals surface area contributed by atoms with E-state index in [0.717, 1.165) is 28.9 Å². The number of methoxy groups -OCH3 is 1. The zero-order valence-electron chi connectivity index (χ0n) is 21.2. The second-order valence-corrected chi connectivity index (χ2v) is 10.1. The van der Waals surface area contributed by atoms with Crippen LogP contribution in [0.15, 0.2) is 61.7 Å². The van der Waals surface area contributed by atoms with Gasteiger partial charge in [-0.05, 0) is 72.7 Å². The van der Waals surface area contributed by atoms with Gasteiger partial charge < -0.3 is 25.2 Å². The predicted molar refractivity (Wildman–Crippen MR) is 149 cm³/mol. The summed E-state index contributed by atoms with van der Waals surface area (Å²) in [5.41, 5.74) is 3.00. The number of ether oxygens (including phenoxy) is 2. The average Bonchev–Trinajstić information content (AvgIpc) is 3.21. The number of amides is 1. The summed E-state index contributed by atoms with van der Waals surface area (Å²) in [6.07, 6.45) is 5.50. The number of unbranched alkanes of at least 4 members (excludes halogenated alkanes) is 1. The number of allylic oxidation sites excluding steroid dienone is 1. The summed E-state index contributed by atoms with van der Waals surface area (Å²) >= 11 is 12.4. The van der Waals surface area contributed by atoms with Crippen LogP contribution in [0.3, 0.4) is 0 Å². The molecule has 8 heteroatoms. The molecule has 0 aromatic heterocycles. The molecule has 3 rings (SSSR count). The number of halogens is 2. The van der Waals surface area contributed by atoms with Crippen molar-refractivity contribution >= 4 is 29.1 Å². The molecule has 0 heterocycles. The van der Waals surface area contributed by atoms with Crippen molar-refractivity contribution in [2.75, 3.05) is 20.3 Å². The van der Waals surface area contributed by atoms with Gasteiger partial charge in [-0.1, -0.05) is 41.4 Å². The minimum atomic E-state index is -0.858. The van der Waals surface area contributed by atoms with E-state index < -0.39 is 12.1 Å². The minimum absolute atomic E-state index is 0.0425. The van der Waals surface area contributed by atoms with E-state index in [9.17, 15) is 9.90 Å². The summed E-state index contributed by atoms with van der Waals surface area (Å²) in [5.74, 6) is 0.644. The Morgan fingerprint density at radius 2 is 1.92 bits per heavy atom. The van der Waals surface area contributed by atoms with Crippen LogP contribution >= 0.6 is 23.2 Å². The molecule has 2 aromatic rings. The molecular weight excluding hydrogens is 511 g/mol. The lowest BCUT2D eigenvalue weighted by Crippen LogP contribution is -2.49. The molecule has 0 radical (unpaired) electrons. The maximum absolute atomic E-state index is 12.6. The summed E-state index contributed by atoms with van der Waals surface area (Å²) in [5, 5.41) is 18.7. The lowest BCUT2D eigenvalue weighted by atomic mass is 10.00. The van der Waals surface area contributed by atoms with Crippen molar-refractivity contribution < 1.29 is 19.4 Å². The highest BCUT2D eigenvalue weighted by molar-refractivity contribution is 6.34. The van der Waals surface area contributed by atoms with Crippen molar-refractivity contribution in [3.05, 3.63) is 88.4 Å². The van der Waals surface area contributed by atoms with E-state index in [-0.39, 0.29) is 24.6 Å². The van der Waals surface area contributed by atoms with Crippen LogP contribution in [0.2, 0.25) is 10.0 Å². The highest BCUT2D eigenvalue weighted by Crippen LogP contribution is 2.42. The molecule has 1 aliphatic carbocycles. The number of nitrogens with one attached hydrogen (secondary N) is 2. The second kappa shape index (κ2) is 14.6. The summed E-state index contributed by atoms with van der Waals surface area (Å²) in [7, 11) is 1.64. The quantitative estimate of drug-likeness (QED) is 0.196. The van der Waals surface area contributed by atoms with Gasteiger partial charge in [-0.15, -0.1) is 13.2 Å². The van der Waals surface area contributed by atoms with E-state index in [1.807, 2.05) is 18.2 Å². The van der Waals surface area contributed by atoms with E-state index in [0.29, 0.717) is 42.3 Å². The van der Waals surface area contributed by atoms with Crippen LogP contribution in [0.4, 0.5) is 0 Å². The van der Waals surface area contributed by atoms with Crippen LogP contribution < -0.4 is 15.4 Å². The zero-order chi connectivity index (χ0) is 26.8. The fourth-order valence-corrected chi connectivity index (χ4v) is 5.21. The van der Waals surface area contributed by atoms with Crippen LogP contribution in [-0.2, 0) is 16.0 Å². The molecule has 0 aliphatic heterocycles. The number of rotatable bonds is 15. The number of carbonyl (C=O) groups excluding carboxylic acids is 1. The smallest absolute Gasteiger partial charge is 0.220 e. The number of aliphatic hydroxyl groups is 1. The predicted octanol–water partition coefficient (Wildman–Crippen LogP) is 5.72. The van der Waals surface area contributed by atoms with Crippen molar-refractivity contribution in [3.8, 4) is 5.75 Å². The van der Waals surface area contributed by atoms with E-state index >= 15 is 0 Å². The highest BCUT2D eigenvalue weighted by atomic mass is 35.5. The Hall–Kier alpha value is -2.35. The topological polar surface area (TPSA) is 79.8 Å². The molecule has 6 nitrogen and oxygen atoms in total. The van der Waals surface area contributed by atoms with Crippen LogP contribution in [0, 0.1) is 0 Å².